The first-order valence-electron chi connectivity index (χ1n) is 14.3. The predicted octanol–water partition coefficient (Wildman–Crippen LogP) is 5.43. The van der Waals surface area contributed by atoms with Gasteiger partial charge in [0.15, 0.2) is 10.9 Å². The van der Waals surface area contributed by atoms with E-state index in [1.165, 1.54) is 11.0 Å². The molecule has 244 valence electrons. The molecule has 2 aliphatic heterocycles. The van der Waals surface area contributed by atoms with Gasteiger partial charge in [0.25, 0.3) is 0 Å². The lowest BCUT2D eigenvalue weighted by atomic mass is 9.95. The van der Waals surface area contributed by atoms with Crippen LogP contribution < -0.4 is 15.4 Å². The van der Waals surface area contributed by atoms with Gasteiger partial charge in [-0.15, -0.1) is 0 Å². The monoisotopic (exact) mass is 665 g/mol. The molecule has 0 radical (unpaired) electrons. The number of aromatic nitrogens is 3. The maximum Gasteiger partial charge on any atom is 0.417 e. The predicted molar refractivity (Wildman–Crippen MR) is 162 cm³/mol. The van der Waals surface area contributed by atoms with E-state index in [0.29, 0.717) is 13.0 Å². The number of likely N-dealkylation sites (N-methyl/N-ethyl adjacent to an activating group) is 2. The van der Waals surface area contributed by atoms with Crippen molar-refractivity contribution in [1.29, 1.82) is 0 Å². The van der Waals surface area contributed by atoms with Crippen LogP contribution in [0.1, 0.15) is 18.4 Å². The van der Waals surface area contributed by atoms with E-state index in [-0.39, 0.29) is 76.2 Å². The number of hydrogen-bond donors (Lipinski definition) is 1. The summed E-state index contributed by atoms with van der Waals surface area (Å²) in [6, 6.07) is 1.66. The van der Waals surface area contributed by atoms with E-state index in [4.69, 9.17) is 10.5 Å². The van der Waals surface area contributed by atoms with E-state index in [2.05, 4.69) is 21.5 Å². The maximum atomic E-state index is 16.7. The second-order valence-electron chi connectivity index (χ2n) is 11.4. The zero-order valence-electron chi connectivity index (χ0n) is 24.7. The van der Waals surface area contributed by atoms with Crippen molar-refractivity contribution in [3.05, 3.63) is 48.1 Å². The molecule has 46 heavy (non-hydrogen) atoms. The fraction of sp³-hybridized carbons (Fsp3) is 0.400. The number of anilines is 2. The Labute approximate surface area is 263 Å². The van der Waals surface area contributed by atoms with Crippen molar-refractivity contribution >= 4 is 49.3 Å². The highest BCUT2D eigenvalue weighted by molar-refractivity contribution is 7.22. The van der Waals surface area contributed by atoms with Gasteiger partial charge in [0, 0.05) is 55.3 Å². The third-order valence-corrected chi connectivity index (χ3v) is 9.44. The van der Waals surface area contributed by atoms with Crippen molar-refractivity contribution in [2.45, 2.75) is 37.3 Å². The number of fused-ring (bicyclic) bond motifs is 2. The van der Waals surface area contributed by atoms with Crippen LogP contribution in [0.5, 0.6) is 6.01 Å². The molecule has 0 saturated carbocycles. The molecule has 2 N–H and O–H groups in total. The number of carbonyl (C=O) groups is 1. The fourth-order valence-corrected chi connectivity index (χ4v) is 6.91. The number of thiazole rings is 1. The molecule has 0 aliphatic carbocycles. The number of hydrogen-bond acceptors (Lipinski definition) is 9. The van der Waals surface area contributed by atoms with Crippen LogP contribution in [0.25, 0.3) is 32.2 Å². The Morgan fingerprint density at radius 2 is 1.98 bits per heavy atom. The number of alkyl halides is 4. The largest absolute Gasteiger partial charge is 0.462 e. The van der Waals surface area contributed by atoms with Crippen LogP contribution in [0, 0.1) is 11.6 Å². The molecule has 2 saturated heterocycles. The third kappa shape index (κ3) is 5.68. The summed E-state index contributed by atoms with van der Waals surface area (Å²) in [6.45, 7) is 4.24. The van der Waals surface area contributed by atoms with Crippen LogP contribution in [0.4, 0.5) is 37.3 Å². The van der Waals surface area contributed by atoms with Gasteiger partial charge in [-0.25, -0.2) is 18.2 Å². The minimum Gasteiger partial charge on any atom is -0.462 e. The summed E-state index contributed by atoms with van der Waals surface area (Å²) in [7, 11) is 3.31. The number of carbonyl (C=O) groups excluding carboxylic acids is 1. The third-order valence-electron chi connectivity index (χ3n) is 8.55. The van der Waals surface area contributed by atoms with Gasteiger partial charge in [-0.05, 0) is 44.2 Å². The Kier molecular flexibility index (Phi) is 8.21. The van der Waals surface area contributed by atoms with Gasteiger partial charge in [-0.2, -0.15) is 23.1 Å². The normalized spacial score (nSPS) is 20.6. The van der Waals surface area contributed by atoms with E-state index in [9.17, 15) is 26.7 Å². The topological polar surface area (TPSA) is 101 Å². The molecule has 2 aromatic heterocycles. The first kappa shape index (κ1) is 31.8. The van der Waals surface area contributed by atoms with Crippen LogP contribution in [0.15, 0.2) is 30.9 Å². The lowest BCUT2D eigenvalue weighted by Crippen LogP contribution is -2.37. The smallest absolute Gasteiger partial charge is 0.417 e. The van der Waals surface area contributed by atoms with Crippen LogP contribution in [-0.2, 0) is 11.0 Å². The molecule has 4 heterocycles. The molecular formula is C30H29F6N7O2S. The molecule has 9 nitrogen and oxygen atoms in total. The molecule has 3 unspecified atom stereocenters. The average molecular weight is 666 g/mol. The number of halogens is 6. The van der Waals surface area contributed by atoms with Crippen molar-refractivity contribution in [2.24, 2.45) is 0 Å². The molecule has 0 bridgehead atoms. The number of nitrogens with two attached hydrogens (primary N) is 1. The Morgan fingerprint density at radius 3 is 2.65 bits per heavy atom. The number of rotatable bonds is 7. The summed E-state index contributed by atoms with van der Waals surface area (Å²) < 4.78 is 95.2. The molecule has 16 heteroatoms. The van der Waals surface area contributed by atoms with Crippen molar-refractivity contribution < 1.29 is 35.9 Å². The molecule has 6 rings (SSSR count). The number of nitrogen functional groups attached to an aromatic ring is 1. The fourth-order valence-electron chi connectivity index (χ4n) is 6.14. The van der Waals surface area contributed by atoms with Gasteiger partial charge in [-0.1, -0.05) is 17.9 Å². The molecular weight excluding hydrogens is 636 g/mol. The first-order chi connectivity index (χ1) is 21.8. The van der Waals surface area contributed by atoms with Crippen molar-refractivity contribution in [2.75, 3.05) is 51.0 Å². The second kappa shape index (κ2) is 11.9. The van der Waals surface area contributed by atoms with Gasteiger partial charge >= 0.3 is 12.2 Å². The minimum absolute atomic E-state index is 0.0532. The number of benzene rings is 2. The molecule has 1 amide bonds. The number of amides is 1. The summed E-state index contributed by atoms with van der Waals surface area (Å²) in [5, 5.41) is -0.360. The molecule has 4 aromatic rings. The lowest BCUT2D eigenvalue weighted by molar-refractivity contribution is -0.137. The van der Waals surface area contributed by atoms with Gasteiger partial charge in [0.1, 0.15) is 29.9 Å². The maximum absolute atomic E-state index is 16.7. The molecule has 2 fully saturated rings. The van der Waals surface area contributed by atoms with Crippen molar-refractivity contribution in [3.63, 3.8) is 0 Å². The van der Waals surface area contributed by atoms with Crippen LogP contribution >= 0.6 is 11.3 Å². The lowest BCUT2D eigenvalue weighted by Gasteiger charge is -2.28. The van der Waals surface area contributed by atoms with Gasteiger partial charge in [0.05, 0.1) is 15.8 Å². The standard InChI is InChI=1S/C30H29F6N7O2S/c1-4-21(44)43-8-7-15(12-43)42(3)27-18-10-19(30(34,35)36)22(17-5-6-20(32)26-25(17)38-28(37)46-26)23(33)24(18)39-29(40-27)45-13-16-9-14(31)11-41(16)2/h4-6,10,14-16H,1,7-9,11-13H2,2-3H3,(H2,37,38). The summed E-state index contributed by atoms with van der Waals surface area (Å²) in [5.41, 5.74) is 2.51. The van der Waals surface area contributed by atoms with E-state index in [0.717, 1.165) is 29.5 Å². The van der Waals surface area contributed by atoms with Crippen LogP contribution in [0.3, 0.4) is 0 Å². The number of ether oxygens (including phenoxy) is 1. The zero-order valence-corrected chi connectivity index (χ0v) is 25.6. The highest BCUT2D eigenvalue weighted by Crippen LogP contribution is 2.46. The van der Waals surface area contributed by atoms with Crippen LogP contribution in [-0.4, -0.2) is 89.3 Å². The Bertz CT molecular complexity index is 1850. The van der Waals surface area contributed by atoms with Gasteiger partial charge in [0.2, 0.25) is 5.91 Å². The van der Waals surface area contributed by atoms with E-state index in [1.54, 1.807) is 23.9 Å². The Balaban J connectivity index is 1.54. The van der Waals surface area contributed by atoms with E-state index >= 15 is 4.39 Å². The van der Waals surface area contributed by atoms with E-state index in [1.807, 2.05) is 0 Å². The molecule has 3 atom stereocenters. The van der Waals surface area contributed by atoms with Crippen LogP contribution in [0.2, 0.25) is 0 Å². The Morgan fingerprint density at radius 1 is 1.22 bits per heavy atom. The summed E-state index contributed by atoms with van der Waals surface area (Å²) in [6.07, 6.45) is -4.31. The minimum atomic E-state index is -5.06. The van der Waals surface area contributed by atoms with E-state index < -0.39 is 46.7 Å². The zero-order chi connectivity index (χ0) is 33.1. The molecule has 2 aromatic carbocycles. The molecule has 2 aliphatic rings. The highest BCUT2D eigenvalue weighted by atomic mass is 32.1. The first-order valence-corrected chi connectivity index (χ1v) is 15.2. The highest BCUT2D eigenvalue weighted by Gasteiger charge is 2.39. The second-order valence-corrected chi connectivity index (χ2v) is 12.5. The van der Waals surface area contributed by atoms with Gasteiger partial charge < -0.3 is 20.3 Å². The summed E-state index contributed by atoms with van der Waals surface area (Å²) >= 11 is 0.727. The summed E-state index contributed by atoms with van der Waals surface area (Å²) in [5.74, 6) is -2.47. The average Bonchev–Trinajstić information content (AvgIpc) is 3.73. The quantitative estimate of drug-likeness (QED) is 0.206. The summed E-state index contributed by atoms with van der Waals surface area (Å²) in [4.78, 5) is 29.7. The van der Waals surface area contributed by atoms with Gasteiger partial charge in [-0.3, -0.25) is 9.69 Å². The Hall–Kier alpha value is -4.18. The molecule has 0 spiro atoms. The number of likely N-dealkylation sites (tertiary alicyclic amines) is 2. The number of nitrogens with zero attached hydrogens (tertiary/aromatic N) is 6. The van der Waals surface area contributed by atoms with Crippen molar-refractivity contribution in [1.82, 2.24) is 24.8 Å². The SMILES string of the molecule is C=CC(=O)N1CCC(N(C)c2nc(OCC3CC(F)CN3C)nc3c(F)c(-c4ccc(F)c5sc(N)nc45)c(C(F)(F)F)cc23)C1. The van der Waals surface area contributed by atoms with Crippen molar-refractivity contribution in [3.8, 4) is 17.1 Å².